The van der Waals surface area contributed by atoms with Crippen LogP contribution in [0.5, 0.6) is 0 Å². The van der Waals surface area contributed by atoms with E-state index in [0.717, 1.165) is 0 Å². The molecule has 2 N–H and O–H groups in total. The van der Waals surface area contributed by atoms with Gasteiger partial charge >= 0.3 is 16.9 Å². The van der Waals surface area contributed by atoms with Crippen LogP contribution in [0.3, 0.4) is 0 Å². The quantitative estimate of drug-likeness (QED) is 0.299. The van der Waals surface area contributed by atoms with Gasteiger partial charge in [-0.3, -0.25) is 9.59 Å². The molecular weight excluding hydrogens is 232 g/mol. The van der Waals surface area contributed by atoms with E-state index in [4.69, 9.17) is 0 Å². The SMILES string of the molecule is Cc1cc2[nH]c(=O)c(=O)n(O)c2c([N+](=O)[O-])n1. The third-order valence-electron chi connectivity index (χ3n) is 2.12. The first kappa shape index (κ1) is 10.8. The Bertz CT molecular complexity index is 744. The van der Waals surface area contributed by atoms with Crippen molar-refractivity contribution in [3.8, 4) is 0 Å². The van der Waals surface area contributed by atoms with Gasteiger partial charge in [0.15, 0.2) is 5.69 Å². The fraction of sp³-hybridized carbons (Fsp3) is 0.125. The standard InChI is InChI=1S/C8H6N4O5/c1-3-2-4-5(6(9-3)12(16)17)11(15)8(14)7(13)10-4/h2,15H,1H3,(H,10,13). The average molecular weight is 238 g/mol. The summed E-state index contributed by atoms with van der Waals surface area (Å²) in [5.74, 6) is -0.698. The Morgan fingerprint density at radius 2 is 2.18 bits per heavy atom. The summed E-state index contributed by atoms with van der Waals surface area (Å²) in [6, 6.07) is 1.32. The molecule has 17 heavy (non-hydrogen) atoms. The minimum Gasteiger partial charge on any atom is -0.424 e. The van der Waals surface area contributed by atoms with Crippen molar-refractivity contribution in [2.75, 3.05) is 0 Å². The van der Waals surface area contributed by atoms with E-state index < -0.39 is 27.4 Å². The normalized spacial score (nSPS) is 10.6. The molecule has 0 amide bonds. The molecule has 0 atom stereocenters. The van der Waals surface area contributed by atoms with Crippen molar-refractivity contribution in [1.29, 1.82) is 0 Å². The third kappa shape index (κ3) is 1.53. The van der Waals surface area contributed by atoms with Gasteiger partial charge in [-0.1, -0.05) is 0 Å². The number of pyridine rings is 1. The fourth-order valence-electron chi connectivity index (χ4n) is 1.45. The highest BCUT2D eigenvalue weighted by Gasteiger charge is 2.21. The predicted molar refractivity (Wildman–Crippen MR) is 55.2 cm³/mol. The molecule has 2 aromatic rings. The number of nitrogens with one attached hydrogen (secondary N) is 1. The van der Waals surface area contributed by atoms with Gasteiger partial charge < -0.3 is 20.3 Å². The van der Waals surface area contributed by atoms with E-state index in [1.54, 1.807) is 0 Å². The summed E-state index contributed by atoms with van der Waals surface area (Å²) in [6.45, 7) is 1.48. The van der Waals surface area contributed by atoms with Crippen molar-refractivity contribution in [2.24, 2.45) is 0 Å². The van der Waals surface area contributed by atoms with Crippen LogP contribution >= 0.6 is 0 Å². The predicted octanol–water partition coefficient (Wildman–Crippen LogP) is -0.461. The minimum absolute atomic E-state index is 0.0312. The molecule has 0 fully saturated rings. The van der Waals surface area contributed by atoms with Crippen LogP contribution in [0, 0.1) is 17.0 Å². The summed E-state index contributed by atoms with van der Waals surface area (Å²) in [7, 11) is 0. The Hall–Kier alpha value is -2.71. The Kier molecular flexibility index (Phi) is 2.16. The first-order valence-electron chi connectivity index (χ1n) is 4.42. The molecule has 0 unspecified atom stereocenters. The monoisotopic (exact) mass is 238 g/mol. The molecule has 2 aromatic heterocycles. The molecule has 0 aliphatic rings. The van der Waals surface area contributed by atoms with Crippen LogP contribution in [-0.4, -0.2) is 24.8 Å². The van der Waals surface area contributed by atoms with Crippen molar-refractivity contribution in [3.63, 3.8) is 0 Å². The van der Waals surface area contributed by atoms with Crippen LogP contribution in [0.25, 0.3) is 11.0 Å². The molecule has 0 aliphatic heterocycles. The second-order valence-electron chi connectivity index (χ2n) is 3.31. The lowest BCUT2D eigenvalue weighted by Crippen LogP contribution is -2.35. The van der Waals surface area contributed by atoms with Gasteiger partial charge in [-0.2, -0.15) is 0 Å². The lowest BCUT2D eigenvalue weighted by molar-refractivity contribution is -0.388. The number of fused-ring (bicyclic) bond motifs is 1. The van der Waals surface area contributed by atoms with Gasteiger partial charge in [0, 0.05) is 13.0 Å². The van der Waals surface area contributed by atoms with Crippen LogP contribution in [-0.2, 0) is 0 Å². The maximum atomic E-state index is 11.2. The Morgan fingerprint density at radius 1 is 1.53 bits per heavy atom. The number of hydrogen-bond acceptors (Lipinski definition) is 6. The summed E-state index contributed by atoms with van der Waals surface area (Å²) >= 11 is 0. The fourth-order valence-corrected chi connectivity index (χ4v) is 1.45. The van der Waals surface area contributed by atoms with E-state index in [9.17, 15) is 24.9 Å². The molecule has 0 spiro atoms. The molecular formula is C8H6N4O5. The highest BCUT2D eigenvalue weighted by Crippen LogP contribution is 2.19. The van der Waals surface area contributed by atoms with Crippen molar-refractivity contribution >= 4 is 16.9 Å². The van der Waals surface area contributed by atoms with E-state index in [1.807, 2.05) is 0 Å². The number of H-pyrrole nitrogens is 1. The lowest BCUT2D eigenvalue weighted by Gasteiger charge is -2.02. The van der Waals surface area contributed by atoms with E-state index in [0.29, 0.717) is 0 Å². The molecule has 0 bridgehead atoms. The van der Waals surface area contributed by atoms with Crippen LogP contribution < -0.4 is 11.1 Å². The van der Waals surface area contributed by atoms with E-state index in [1.165, 1.54) is 13.0 Å². The molecule has 0 saturated carbocycles. The highest BCUT2D eigenvalue weighted by atomic mass is 16.6. The first-order valence-corrected chi connectivity index (χ1v) is 4.42. The maximum Gasteiger partial charge on any atom is 0.393 e. The molecule has 2 heterocycles. The maximum absolute atomic E-state index is 11.2. The van der Waals surface area contributed by atoms with E-state index >= 15 is 0 Å². The van der Waals surface area contributed by atoms with Gasteiger partial charge in [-0.05, 0) is 9.91 Å². The zero-order chi connectivity index (χ0) is 12.7. The van der Waals surface area contributed by atoms with Crippen LogP contribution in [0.4, 0.5) is 5.82 Å². The smallest absolute Gasteiger partial charge is 0.393 e. The first-order chi connectivity index (χ1) is 7.91. The molecule has 2 rings (SSSR count). The van der Waals surface area contributed by atoms with E-state index in [-0.39, 0.29) is 15.9 Å². The van der Waals surface area contributed by atoms with Crippen LogP contribution in [0.1, 0.15) is 5.69 Å². The Balaban J connectivity index is 3.12. The molecule has 0 saturated heterocycles. The second kappa shape index (κ2) is 3.40. The summed E-state index contributed by atoms with van der Waals surface area (Å²) in [6.07, 6.45) is 0. The van der Waals surface area contributed by atoms with Gasteiger partial charge in [-0.15, -0.1) is 4.73 Å². The number of aryl methyl sites for hydroxylation is 1. The average Bonchev–Trinajstić information content (AvgIpc) is 2.24. The summed E-state index contributed by atoms with van der Waals surface area (Å²) < 4.78 is -0.0707. The second-order valence-corrected chi connectivity index (χ2v) is 3.31. The molecule has 9 heteroatoms. The third-order valence-corrected chi connectivity index (χ3v) is 2.12. The Morgan fingerprint density at radius 3 is 2.76 bits per heavy atom. The van der Waals surface area contributed by atoms with Gasteiger partial charge in [0.2, 0.25) is 5.52 Å². The highest BCUT2D eigenvalue weighted by molar-refractivity contribution is 5.82. The van der Waals surface area contributed by atoms with Gasteiger partial charge in [0.05, 0.1) is 5.52 Å². The summed E-state index contributed by atoms with van der Waals surface area (Å²) in [5.41, 5.74) is -2.56. The zero-order valence-corrected chi connectivity index (χ0v) is 8.50. The molecule has 0 radical (unpaired) electrons. The number of nitro groups is 1. The van der Waals surface area contributed by atoms with Gasteiger partial charge in [0.25, 0.3) is 0 Å². The Labute approximate surface area is 92.1 Å². The van der Waals surface area contributed by atoms with Crippen molar-refractivity contribution < 1.29 is 10.1 Å². The minimum atomic E-state index is -1.30. The van der Waals surface area contributed by atoms with Crippen LogP contribution in [0.2, 0.25) is 0 Å². The molecule has 9 nitrogen and oxygen atoms in total. The van der Waals surface area contributed by atoms with E-state index in [2.05, 4.69) is 9.97 Å². The number of nitrogens with zero attached hydrogens (tertiary/aromatic N) is 3. The van der Waals surface area contributed by atoms with Crippen molar-refractivity contribution in [3.05, 3.63) is 42.6 Å². The van der Waals surface area contributed by atoms with Gasteiger partial charge in [-0.25, -0.2) is 0 Å². The topological polar surface area (TPSA) is 131 Å². The number of rotatable bonds is 1. The van der Waals surface area contributed by atoms with Gasteiger partial charge in [0.1, 0.15) is 0 Å². The number of aromatic nitrogens is 3. The van der Waals surface area contributed by atoms with Crippen molar-refractivity contribution in [2.45, 2.75) is 6.92 Å². The summed E-state index contributed by atoms with van der Waals surface area (Å²) in [4.78, 5) is 37.9. The largest absolute Gasteiger partial charge is 0.424 e. The summed E-state index contributed by atoms with van der Waals surface area (Å²) in [5, 5.41) is 20.1. The number of aromatic amines is 1. The zero-order valence-electron chi connectivity index (χ0n) is 8.50. The number of hydrogen-bond donors (Lipinski definition) is 2. The molecule has 0 aromatic carbocycles. The van der Waals surface area contributed by atoms with Crippen LogP contribution in [0.15, 0.2) is 15.7 Å². The van der Waals surface area contributed by atoms with Crippen molar-refractivity contribution in [1.82, 2.24) is 14.7 Å². The molecule has 88 valence electrons. The lowest BCUT2D eigenvalue weighted by atomic mass is 10.3. The molecule has 0 aliphatic carbocycles.